The van der Waals surface area contributed by atoms with Gasteiger partial charge in [0.1, 0.15) is 0 Å². The highest BCUT2D eigenvalue weighted by atomic mass is 16.5. The zero-order valence-electron chi connectivity index (χ0n) is 17.0. The summed E-state index contributed by atoms with van der Waals surface area (Å²) < 4.78 is 15.5. The van der Waals surface area contributed by atoms with Gasteiger partial charge in [0.05, 0.1) is 26.9 Å². The molecule has 0 radical (unpaired) electrons. The number of methoxy groups -OCH3 is 3. The Bertz CT molecular complexity index is 897. The molecule has 1 aliphatic rings. The molecule has 0 fully saturated rings. The van der Waals surface area contributed by atoms with E-state index in [1.54, 1.807) is 38.5 Å². The minimum absolute atomic E-state index is 0.0925. The van der Waals surface area contributed by atoms with Gasteiger partial charge in [-0.15, -0.1) is 0 Å². The normalized spacial score (nSPS) is 13.3. The molecule has 1 aliphatic heterocycles. The van der Waals surface area contributed by atoms with Gasteiger partial charge in [-0.05, 0) is 47.9 Å². The van der Waals surface area contributed by atoms with E-state index >= 15 is 0 Å². The molecule has 3 rings (SSSR count). The van der Waals surface area contributed by atoms with Crippen molar-refractivity contribution in [1.82, 2.24) is 4.90 Å². The van der Waals surface area contributed by atoms with Crippen LogP contribution in [0.3, 0.4) is 0 Å². The highest BCUT2D eigenvalue weighted by Gasteiger charge is 2.20. The van der Waals surface area contributed by atoms with Crippen LogP contribution in [0.4, 0.5) is 5.69 Å². The topological polar surface area (TPSA) is 77.1 Å². The first-order chi connectivity index (χ1) is 14.0. The molecule has 0 aromatic heterocycles. The van der Waals surface area contributed by atoms with Crippen molar-refractivity contribution < 1.29 is 23.8 Å². The molecule has 0 saturated carbocycles. The monoisotopic (exact) mass is 398 g/mol. The van der Waals surface area contributed by atoms with E-state index in [2.05, 4.69) is 10.2 Å². The number of esters is 1. The summed E-state index contributed by atoms with van der Waals surface area (Å²) in [6.07, 6.45) is 1.27. The van der Waals surface area contributed by atoms with Crippen LogP contribution >= 0.6 is 0 Å². The summed E-state index contributed by atoms with van der Waals surface area (Å²) in [5.74, 6) is 0.940. The number of hydrogen-bond acceptors (Lipinski definition) is 6. The van der Waals surface area contributed by atoms with Crippen LogP contribution in [0.15, 0.2) is 36.4 Å². The fourth-order valence-corrected chi connectivity index (χ4v) is 3.46. The second-order valence-corrected chi connectivity index (χ2v) is 6.87. The predicted molar refractivity (Wildman–Crippen MR) is 110 cm³/mol. The van der Waals surface area contributed by atoms with Gasteiger partial charge in [-0.3, -0.25) is 9.69 Å². The largest absolute Gasteiger partial charge is 0.493 e. The van der Waals surface area contributed by atoms with Crippen LogP contribution in [0, 0.1) is 0 Å². The summed E-state index contributed by atoms with van der Waals surface area (Å²) in [7, 11) is 4.60. The Labute approximate surface area is 170 Å². The molecule has 0 spiro atoms. The predicted octanol–water partition coefficient (Wildman–Crippen LogP) is 2.88. The van der Waals surface area contributed by atoms with E-state index in [-0.39, 0.29) is 5.91 Å². The lowest BCUT2D eigenvalue weighted by molar-refractivity contribution is -0.116. The highest BCUT2D eigenvalue weighted by Crippen LogP contribution is 2.33. The lowest BCUT2D eigenvalue weighted by Crippen LogP contribution is -2.33. The van der Waals surface area contributed by atoms with Crippen LogP contribution in [-0.2, 0) is 22.5 Å². The average molecular weight is 398 g/mol. The van der Waals surface area contributed by atoms with Crippen LogP contribution in [-0.4, -0.2) is 51.2 Å². The van der Waals surface area contributed by atoms with Crippen molar-refractivity contribution in [2.75, 3.05) is 39.7 Å². The van der Waals surface area contributed by atoms with E-state index in [1.807, 2.05) is 12.1 Å². The van der Waals surface area contributed by atoms with Gasteiger partial charge in [0.15, 0.2) is 11.5 Å². The number of benzene rings is 2. The van der Waals surface area contributed by atoms with Crippen LogP contribution < -0.4 is 14.8 Å². The molecule has 1 N–H and O–H groups in total. The van der Waals surface area contributed by atoms with Crippen molar-refractivity contribution in [2.24, 2.45) is 0 Å². The summed E-state index contributed by atoms with van der Waals surface area (Å²) in [6, 6.07) is 10.8. The van der Waals surface area contributed by atoms with E-state index < -0.39 is 5.97 Å². The lowest BCUT2D eigenvalue weighted by Gasteiger charge is -2.29. The first kappa shape index (κ1) is 20.7. The van der Waals surface area contributed by atoms with E-state index in [0.29, 0.717) is 24.2 Å². The maximum atomic E-state index is 12.3. The molecule has 1 amide bonds. The molecule has 2 aromatic carbocycles. The second kappa shape index (κ2) is 9.43. The molecule has 7 heteroatoms. The molecule has 2 aromatic rings. The number of nitrogens with one attached hydrogen (secondary N) is 1. The first-order valence-corrected chi connectivity index (χ1v) is 9.48. The molecule has 29 heavy (non-hydrogen) atoms. The zero-order chi connectivity index (χ0) is 20.8. The summed E-state index contributed by atoms with van der Waals surface area (Å²) >= 11 is 0. The fraction of sp³-hybridized carbons (Fsp3) is 0.364. The molecule has 1 heterocycles. The summed E-state index contributed by atoms with van der Waals surface area (Å²) in [5.41, 5.74) is 3.43. The standard InChI is InChI=1S/C22H26N2O5/c1-27-19-12-15-7-9-24(14-17(15)13-20(19)28-2)10-8-21(25)23-18-6-4-5-16(11-18)22(26)29-3/h4-6,11-13H,7-10,14H2,1-3H3,(H,23,25). The van der Waals surface area contributed by atoms with Crippen LogP contribution in [0.5, 0.6) is 11.5 Å². The maximum Gasteiger partial charge on any atom is 0.337 e. The summed E-state index contributed by atoms with van der Waals surface area (Å²) in [4.78, 5) is 26.2. The van der Waals surface area contributed by atoms with Crippen molar-refractivity contribution in [3.05, 3.63) is 53.1 Å². The second-order valence-electron chi connectivity index (χ2n) is 6.87. The maximum absolute atomic E-state index is 12.3. The number of carbonyl (C=O) groups excluding carboxylic acids is 2. The quantitative estimate of drug-likeness (QED) is 0.723. The highest BCUT2D eigenvalue weighted by molar-refractivity contribution is 5.94. The number of ether oxygens (including phenoxy) is 3. The lowest BCUT2D eigenvalue weighted by atomic mass is 9.98. The molecule has 0 saturated heterocycles. The number of nitrogens with zero attached hydrogens (tertiary/aromatic N) is 1. The van der Waals surface area contributed by atoms with Crippen LogP contribution in [0.25, 0.3) is 0 Å². The number of carbonyl (C=O) groups is 2. The summed E-state index contributed by atoms with van der Waals surface area (Å²) in [5, 5.41) is 2.84. The van der Waals surface area contributed by atoms with Gasteiger partial charge < -0.3 is 19.5 Å². The van der Waals surface area contributed by atoms with Crippen molar-refractivity contribution in [3.8, 4) is 11.5 Å². The third kappa shape index (κ3) is 5.06. The molecule has 0 bridgehead atoms. The summed E-state index contributed by atoms with van der Waals surface area (Å²) in [6.45, 7) is 2.30. The van der Waals surface area contributed by atoms with Crippen molar-refractivity contribution in [1.29, 1.82) is 0 Å². The third-order valence-electron chi connectivity index (χ3n) is 5.02. The SMILES string of the molecule is COC(=O)c1cccc(NC(=O)CCN2CCc3cc(OC)c(OC)cc3C2)c1. The van der Waals surface area contributed by atoms with E-state index in [1.165, 1.54) is 18.2 Å². The smallest absolute Gasteiger partial charge is 0.337 e. The first-order valence-electron chi connectivity index (χ1n) is 9.48. The van der Waals surface area contributed by atoms with Crippen molar-refractivity contribution in [2.45, 2.75) is 19.4 Å². The van der Waals surface area contributed by atoms with E-state index in [9.17, 15) is 9.59 Å². The van der Waals surface area contributed by atoms with Crippen LogP contribution in [0.1, 0.15) is 27.9 Å². The molecular weight excluding hydrogens is 372 g/mol. The number of hydrogen-bond donors (Lipinski definition) is 1. The van der Waals surface area contributed by atoms with Gasteiger partial charge in [-0.25, -0.2) is 4.79 Å². The minimum Gasteiger partial charge on any atom is -0.493 e. The molecule has 7 nitrogen and oxygen atoms in total. The Morgan fingerprint density at radius 1 is 1.03 bits per heavy atom. The average Bonchev–Trinajstić information content (AvgIpc) is 2.76. The number of fused-ring (bicyclic) bond motifs is 1. The van der Waals surface area contributed by atoms with Gasteiger partial charge in [0, 0.05) is 31.7 Å². The van der Waals surface area contributed by atoms with Gasteiger partial charge in [-0.2, -0.15) is 0 Å². The van der Waals surface area contributed by atoms with Gasteiger partial charge >= 0.3 is 5.97 Å². The Morgan fingerprint density at radius 2 is 1.76 bits per heavy atom. The van der Waals surface area contributed by atoms with Crippen molar-refractivity contribution in [3.63, 3.8) is 0 Å². The molecular formula is C22H26N2O5. The fourth-order valence-electron chi connectivity index (χ4n) is 3.46. The molecule has 0 atom stereocenters. The Kier molecular flexibility index (Phi) is 6.72. The van der Waals surface area contributed by atoms with E-state index in [0.717, 1.165) is 31.0 Å². The molecule has 154 valence electrons. The van der Waals surface area contributed by atoms with Gasteiger partial charge in [0.2, 0.25) is 5.91 Å². The Hall–Kier alpha value is -3.06. The number of anilines is 1. The van der Waals surface area contributed by atoms with Crippen molar-refractivity contribution >= 4 is 17.6 Å². The third-order valence-corrected chi connectivity index (χ3v) is 5.02. The number of rotatable bonds is 7. The van der Waals surface area contributed by atoms with E-state index in [4.69, 9.17) is 14.2 Å². The van der Waals surface area contributed by atoms with Gasteiger partial charge in [-0.1, -0.05) is 6.07 Å². The molecule has 0 unspecified atom stereocenters. The van der Waals surface area contributed by atoms with Crippen LogP contribution in [0.2, 0.25) is 0 Å². The minimum atomic E-state index is -0.430. The Morgan fingerprint density at radius 3 is 2.45 bits per heavy atom. The zero-order valence-corrected chi connectivity index (χ0v) is 17.0. The molecule has 0 aliphatic carbocycles. The van der Waals surface area contributed by atoms with Gasteiger partial charge in [0.25, 0.3) is 0 Å². The number of amides is 1. The Balaban J connectivity index is 1.56.